The number of rotatable bonds is 2. The maximum Gasteiger partial charge on any atom is 0.541 e. The van der Waals surface area contributed by atoms with Gasteiger partial charge in [-0.25, -0.2) is 0 Å². The average molecular weight is 120 g/mol. The van der Waals surface area contributed by atoms with Gasteiger partial charge in [0, 0.05) is 5.82 Å². The molecule has 0 aromatic rings. The molecule has 8 heavy (non-hydrogen) atoms. The lowest BCUT2D eigenvalue weighted by atomic mass is 9.72. The van der Waals surface area contributed by atoms with Crippen LogP contribution in [0.3, 0.4) is 0 Å². The smallest absolute Gasteiger partial charge is 0.287 e. The van der Waals surface area contributed by atoms with Crippen molar-refractivity contribution >= 4 is 7.27 Å². The van der Waals surface area contributed by atoms with Gasteiger partial charge in [0.15, 0.2) is 0 Å². The highest BCUT2D eigenvalue weighted by atomic mass is 19.2. The fourth-order valence-electron chi connectivity index (χ4n) is 0.291. The van der Waals surface area contributed by atoms with Gasteiger partial charge in [-0.3, -0.25) is 8.63 Å². The third kappa shape index (κ3) is 2.29. The molecule has 0 saturated heterocycles. The summed E-state index contributed by atoms with van der Waals surface area (Å²) in [5.41, 5.74) is 0. The Bertz CT molecular complexity index is 55.4. The number of hydrogen-bond donors (Lipinski definition) is 0. The first-order valence-electron chi connectivity index (χ1n) is 2.84. The largest absolute Gasteiger partial charge is 0.541 e. The summed E-state index contributed by atoms with van der Waals surface area (Å²) in [6.45, 7) is 5.17. The van der Waals surface area contributed by atoms with E-state index in [2.05, 4.69) is 0 Å². The molecule has 1 atom stereocenters. The van der Waals surface area contributed by atoms with E-state index in [0.29, 0.717) is 0 Å². The molecule has 0 bridgehead atoms. The standard InChI is InChI=1S/C5H11BF2/c1-4(2)5(3)6(7)8/h4-5H,1-3H3. The third-order valence-corrected chi connectivity index (χ3v) is 1.45. The minimum absolute atomic E-state index is 0.0926. The Morgan fingerprint density at radius 1 is 1.12 bits per heavy atom. The highest BCUT2D eigenvalue weighted by Gasteiger charge is 2.24. The van der Waals surface area contributed by atoms with Gasteiger partial charge in [0.25, 0.3) is 0 Å². The highest BCUT2D eigenvalue weighted by molar-refractivity contribution is 6.44. The van der Waals surface area contributed by atoms with Gasteiger partial charge < -0.3 is 0 Å². The van der Waals surface area contributed by atoms with Gasteiger partial charge >= 0.3 is 7.27 Å². The Labute approximate surface area is 49.5 Å². The van der Waals surface area contributed by atoms with Crippen LogP contribution in [0.1, 0.15) is 20.8 Å². The van der Waals surface area contributed by atoms with Crippen molar-refractivity contribution < 1.29 is 8.63 Å². The summed E-state index contributed by atoms with van der Waals surface area (Å²) < 4.78 is 23.4. The molecule has 0 radical (unpaired) electrons. The Hall–Kier alpha value is -0.0751. The minimum Gasteiger partial charge on any atom is -0.287 e. The molecule has 0 saturated carbocycles. The summed E-state index contributed by atoms with van der Waals surface area (Å²) in [6.07, 6.45) is 0. The molecule has 3 heteroatoms. The second-order valence-electron chi connectivity index (χ2n) is 2.44. The maximum atomic E-state index is 11.7. The molecule has 1 unspecified atom stereocenters. The van der Waals surface area contributed by atoms with E-state index in [1.165, 1.54) is 0 Å². The molecule has 48 valence electrons. The molecule has 0 nitrogen and oxygen atoms in total. The lowest BCUT2D eigenvalue weighted by molar-refractivity contribution is 0.525. The molecule has 0 fully saturated rings. The third-order valence-electron chi connectivity index (χ3n) is 1.45. The fourth-order valence-corrected chi connectivity index (χ4v) is 0.291. The minimum atomic E-state index is -2.16. The molecule has 0 aliphatic heterocycles. The molecule has 0 rings (SSSR count). The van der Waals surface area contributed by atoms with Crippen molar-refractivity contribution in [1.29, 1.82) is 0 Å². The zero-order valence-electron chi connectivity index (χ0n) is 5.49. The van der Waals surface area contributed by atoms with Crippen LogP contribution in [0.4, 0.5) is 8.63 Å². The van der Waals surface area contributed by atoms with E-state index in [1.54, 1.807) is 20.8 Å². The van der Waals surface area contributed by atoms with Crippen LogP contribution in [0.5, 0.6) is 0 Å². The van der Waals surface area contributed by atoms with E-state index < -0.39 is 13.1 Å². The molecular formula is C5H11BF2. The average Bonchev–Trinajstić information content (AvgIpc) is 1.64. The quantitative estimate of drug-likeness (QED) is 0.491. The molecule has 0 spiro atoms. The van der Waals surface area contributed by atoms with E-state index in [0.717, 1.165) is 0 Å². The Balaban J connectivity index is 3.46. The van der Waals surface area contributed by atoms with Crippen molar-refractivity contribution in [2.75, 3.05) is 0 Å². The van der Waals surface area contributed by atoms with Crippen molar-refractivity contribution in [2.45, 2.75) is 26.6 Å². The first-order valence-corrected chi connectivity index (χ1v) is 2.84. The summed E-state index contributed by atoms with van der Waals surface area (Å²) in [6, 6.07) is 0. The Morgan fingerprint density at radius 3 is 1.50 bits per heavy atom. The lowest BCUT2D eigenvalue weighted by Crippen LogP contribution is -2.11. The molecule has 0 aromatic heterocycles. The fraction of sp³-hybridized carbons (Fsp3) is 1.00. The topological polar surface area (TPSA) is 0 Å². The number of hydrogen-bond acceptors (Lipinski definition) is 0. The summed E-state index contributed by atoms with van der Waals surface area (Å²) >= 11 is 0. The second-order valence-corrected chi connectivity index (χ2v) is 2.44. The Morgan fingerprint density at radius 2 is 1.50 bits per heavy atom. The zero-order chi connectivity index (χ0) is 6.73. The molecule has 0 aliphatic carbocycles. The van der Waals surface area contributed by atoms with Crippen LogP contribution in [0.15, 0.2) is 0 Å². The molecule has 0 heterocycles. The van der Waals surface area contributed by atoms with Crippen LogP contribution in [0, 0.1) is 5.92 Å². The van der Waals surface area contributed by atoms with Gasteiger partial charge in [-0.1, -0.05) is 20.8 Å². The van der Waals surface area contributed by atoms with Crippen molar-refractivity contribution in [3.63, 3.8) is 0 Å². The summed E-state index contributed by atoms with van der Waals surface area (Å²) in [7, 11) is -2.16. The van der Waals surface area contributed by atoms with Crippen molar-refractivity contribution in [3.8, 4) is 0 Å². The van der Waals surface area contributed by atoms with Gasteiger partial charge in [-0.05, 0) is 5.92 Å². The normalized spacial score (nSPS) is 14.2. The van der Waals surface area contributed by atoms with Crippen molar-refractivity contribution in [1.82, 2.24) is 0 Å². The first kappa shape index (κ1) is 7.92. The van der Waals surface area contributed by atoms with Gasteiger partial charge in [0.1, 0.15) is 0 Å². The van der Waals surface area contributed by atoms with E-state index in [4.69, 9.17) is 0 Å². The number of halogens is 2. The predicted octanol–water partition coefficient (Wildman–Crippen LogP) is 2.46. The molecule has 0 amide bonds. The zero-order valence-corrected chi connectivity index (χ0v) is 5.49. The molecular weight excluding hydrogens is 109 g/mol. The molecule has 0 N–H and O–H groups in total. The van der Waals surface area contributed by atoms with Crippen LogP contribution in [0.2, 0.25) is 5.82 Å². The van der Waals surface area contributed by atoms with E-state index in [9.17, 15) is 8.63 Å². The second kappa shape index (κ2) is 3.05. The van der Waals surface area contributed by atoms with E-state index in [-0.39, 0.29) is 5.92 Å². The lowest BCUT2D eigenvalue weighted by Gasteiger charge is -2.09. The van der Waals surface area contributed by atoms with Crippen LogP contribution >= 0.6 is 0 Å². The van der Waals surface area contributed by atoms with Gasteiger partial charge in [0.05, 0.1) is 0 Å². The maximum absolute atomic E-state index is 11.7. The predicted molar refractivity (Wildman–Crippen MR) is 32.2 cm³/mol. The van der Waals surface area contributed by atoms with Crippen LogP contribution < -0.4 is 0 Å². The SMILES string of the molecule is CC(C)C(C)B(F)F. The van der Waals surface area contributed by atoms with E-state index >= 15 is 0 Å². The van der Waals surface area contributed by atoms with Crippen LogP contribution in [-0.4, -0.2) is 7.27 Å². The van der Waals surface area contributed by atoms with Gasteiger partial charge in [0.2, 0.25) is 0 Å². The summed E-state index contributed by atoms with van der Waals surface area (Å²) in [4.78, 5) is 0. The van der Waals surface area contributed by atoms with Gasteiger partial charge in [-0.15, -0.1) is 0 Å². The van der Waals surface area contributed by atoms with E-state index in [1.807, 2.05) is 0 Å². The highest BCUT2D eigenvalue weighted by Crippen LogP contribution is 2.20. The Kier molecular flexibility index (Phi) is 3.02. The molecule has 0 aromatic carbocycles. The molecule has 0 aliphatic rings. The summed E-state index contributed by atoms with van der Waals surface area (Å²) in [5, 5.41) is 0. The monoisotopic (exact) mass is 120 g/mol. The van der Waals surface area contributed by atoms with Crippen molar-refractivity contribution in [2.24, 2.45) is 5.92 Å². The van der Waals surface area contributed by atoms with Crippen LogP contribution in [-0.2, 0) is 0 Å². The van der Waals surface area contributed by atoms with Crippen LogP contribution in [0.25, 0.3) is 0 Å². The van der Waals surface area contributed by atoms with Gasteiger partial charge in [-0.2, -0.15) is 0 Å². The summed E-state index contributed by atoms with van der Waals surface area (Å²) in [5.74, 6) is -0.370. The first-order chi connectivity index (χ1) is 3.55. The van der Waals surface area contributed by atoms with Crippen molar-refractivity contribution in [3.05, 3.63) is 0 Å².